The number of nitrogens with zero attached hydrogens (tertiary/aromatic N) is 3. The van der Waals surface area contributed by atoms with Gasteiger partial charge in [0, 0.05) is 21.5 Å². The van der Waals surface area contributed by atoms with Crippen molar-refractivity contribution in [1.82, 2.24) is 9.80 Å². The minimum Gasteiger partial charge on any atom is -0.492 e. The number of benzene rings is 2. The number of aliphatic imine (C=N–C) groups is 1. The Morgan fingerprint density at radius 1 is 0.941 bits per heavy atom. The molecule has 0 saturated carbocycles. The van der Waals surface area contributed by atoms with E-state index in [0.717, 1.165) is 49.2 Å². The van der Waals surface area contributed by atoms with Gasteiger partial charge in [0.05, 0.1) is 10.8 Å². The van der Waals surface area contributed by atoms with Crippen LogP contribution in [0.5, 0.6) is 11.5 Å². The second-order valence-corrected chi connectivity index (χ2v) is 8.24. The Morgan fingerprint density at radius 2 is 1.35 bits per heavy atom. The van der Waals surface area contributed by atoms with Crippen molar-refractivity contribution in [3.63, 3.8) is 0 Å². The number of anilines is 1. The van der Waals surface area contributed by atoms with Crippen molar-refractivity contribution in [1.29, 1.82) is 0 Å². The lowest BCUT2D eigenvalue weighted by Crippen LogP contribution is -2.25. The predicted molar refractivity (Wildman–Crippen MR) is 154 cm³/mol. The lowest BCUT2D eigenvalue weighted by atomic mass is 10.3. The molecule has 0 radical (unpaired) electrons. The Hall–Kier alpha value is -1.71. The van der Waals surface area contributed by atoms with Crippen molar-refractivity contribution in [2.45, 2.75) is 25.7 Å². The van der Waals surface area contributed by atoms with Gasteiger partial charge in [0.1, 0.15) is 24.7 Å². The molecule has 6 nitrogen and oxygen atoms in total. The van der Waals surface area contributed by atoms with Crippen molar-refractivity contribution in [3.8, 4) is 11.5 Å². The number of nitrogen functional groups attached to an aromatic ring is 1. The molecule has 2 aliphatic rings. The van der Waals surface area contributed by atoms with Gasteiger partial charge in [0.15, 0.2) is 0 Å². The van der Waals surface area contributed by atoms with Crippen molar-refractivity contribution in [2.75, 3.05) is 63.1 Å². The molecule has 2 fully saturated rings. The Balaban J connectivity index is 0.000000222. The summed E-state index contributed by atoms with van der Waals surface area (Å²) in [4.78, 5) is 8.07. The van der Waals surface area contributed by atoms with Crippen LogP contribution in [0.25, 0.3) is 0 Å². The first-order valence-electron chi connectivity index (χ1n) is 12.8. The van der Waals surface area contributed by atoms with Crippen LogP contribution in [0.1, 0.15) is 28.4 Å². The molecule has 2 aromatic carbocycles. The summed E-state index contributed by atoms with van der Waals surface area (Å²) in [6.07, 6.45) is 5.32. The van der Waals surface area contributed by atoms with Gasteiger partial charge in [-0.3, -0.25) is 9.80 Å². The summed E-state index contributed by atoms with van der Waals surface area (Å²) >= 11 is 6.22. The first-order valence-corrected chi connectivity index (χ1v) is 13.3. The molecule has 0 bridgehead atoms. The number of hydrogen-bond donors (Lipinski definition) is 1. The molecule has 1 unspecified atom stereocenters. The summed E-state index contributed by atoms with van der Waals surface area (Å²) in [5.74, 6) is 1.79. The van der Waals surface area contributed by atoms with E-state index in [9.17, 15) is 0 Å². The number of isothiocyanates is 1. The number of nitrogens with two attached hydrogens (primary N) is 1. The largest absolute Gasteiger partial charge is 0.492 e. The van der Waals surface area contributed by atoms with Gasteiger partial charge in [0.2, 0.25) is 0 Å². The molecule has 0 spiro atoms. The summed E-state index contributed by atoms with van der Waals surface area (Å²) in [5, 5.41) is 2.34. The quantitative estimate of drug-likeness (QED) is 0.131. The fraction of sp³-hybridized carbons (Fsp3) is 0.500. The van der Waals surface area contributed by atoms with E-state index in [2.05, 4.69) is 32.2 Å². The van der Waals surface area contributed by atoms with Gasteiger partial charge in [-0.2, -0.15) is 4.99 Å². The van der Waals surface area contributed by atoms with Crippen LogP contribution in [-0.4, -0.2) is 72.3 Å². The smallest absolute Gasteiger partial charge is 0.119 e. The highest BCUT2D eigenvalue weighted by Crippen LogP contribution is 2.18. The minimum absolute atomic E-state index is 0.697. The fourth-order valence-electron chi connectivity index (χ4n) is 3.83. The van der Waals surface area contributed by atoms with Crippen LogP contribution in [0.3, 0.4) is 0 Å². The Labute approximate surface area is 226 Å². The number of rotatable bonds is 9. The molecule has 186 valence electrons. The zero-order chi connectivity index (χ0) is 26.0. The molecule has 0 amide bonds. The lowest BCUT2D eigenvalue weighted by Gasteiger charge is -2.14. The van der Waals surface area contributed by atoms with E-state index in [-0.39, 0.29) is 0 Å². The van der Waals surface area contributed by atoms with Gasteiger partial charge in [-0.05, 0) is 117 Å². The van der Waals surface area contributed by atoms with Gasteiger partial charge < -0.3 is 15.2 Å². The molecule has 8 heteroatoms. The Morgan fingerprint density at radius 3 is 1.76 bits per heavy atom. The number of hydrogen-bond acceptors (Lipinski definition) is 7. The highest BCUT2D eigenvalue weighted by atomic mass is 127. The first-order chi connectivity index (χ1) is 17.5. The maximum Gasteiger partial charge on any atom is 0.119 e. The van der Waals surface area contributed by atoms with Crippen molar-refractivity contribution in [3.05, 3.63) is 48.5 Å². The van der Waals surface area contributed by atoms with E-state index < -0.39 is 4.88 Å². The summed E-state index contributed by atoms with van der Waals surface area (Å²) in [6.45, 7) is 8.44. The second-order valence-electron chi connectivity index (χ2n) is 8.06. The molecule has 1 atom stereocenters. The van der Waals surface area contributed by atoms with Crippen LogP contribution in [-0.2, 0) is 0 Å². The molecule has 2 aliphatic heterocycles. The van der Waals surface area contributed by atoms with Crippen molar-refractivity contribution >= 4 is 51.3 Å². The van der Waals surface area contributed by atoms with Crippen LogP contribution in [0.15, 0.2) is 53.5 Å². The highest BCUT2D eigenvalue weighted by molar-refractivity contribution is 14.1. The summed E-state index contributed by atoms with van der Waals surface area (Å²) in [6, 6.07) is 15.1. The number of alkyl halides is 1. The number of thiocarbonyl (C=S) groups is 1. The number of halogens is 1. The molecule has 2 heterocycles. The molecule has 2 saturated heterocycles. The molecule has 2 N–H and O–H groups in total. The minimum atomic E-state index is -0.697. The van der Waals surface area contributed by atoms with E-state index in [1.807, 2.05) is 48.5 Å². The average molecular weight is 600 g/mol. The normalized spacial score (nSPS) is 17.1. The fourth-order valence-corrected chi connectivity index (χ4v) is 3.94. The molecular weight excluding hydrogens is 559 g/mol. The second kappa shape index (κ2) is 17.7. The molecular formula is C26H37IN4O2S. The van der Waals surface area contributed by atoms with E-state index in [4.69, 9.17) is 17.9 Å². The highest BCUT2D eigenvalue weighted by Gasteiger charge is 2.11. The van der Waals surface area contributed by atoms with E-state index in [0.29, 0.717) is 0 Å². The Kier molecular flexibility index (Phi) is 13.2. The first kappa shape index (κ1) is 25.4. The summed E-state index contributed by atoms with van der Waals surface area (Å²) < 4.78 is 23.8. The third kappa shape index (κ3) is 11.6. The van der Waals surface area contributed by atoms with Gasteiger partial charge in [-0.15, -0.1) is 0 Å². The molecule has 0 aromatic heterocycles. The zero-order valence-electron chi connectivity index (χ0n) is 21.7. The topological polar surface area (TPSA) is 63.3 Å². The van der Waals surface area contributed by atoms with Crippen LogP contribution < -0.4 is 15.2 Å². The van der Waals surface area contributed by atoms with Crippen LogP contribution in [0, 0.1) is 0 Å². The maximum absolute atomic E-state index is 6.24. The van der Waals surface area contributed by atoms with E-state index in [1.165, 1.54) is 51.9 Å². The van der Waals surface area contributed by atoms with E-state index in [1.54, 1.807) is 22.6 Å². The summed E-state index contributed by atoms with van der Waals surface area (Å²) in [7, 11) is 0. The maximum atomic E-state index is 6.24. The average Bonchev–Trinajstić information content (AvgIpc) is 3.57. The summed E-state index contributed by atoms with van der Waals surface area (Å²) in [5.41, 5.74) is 7.18. The zero-order valence-corrected chi connectivity index (χ0v) is 22.7. The van der Waals surface area contributed by atoms with Crippen molar-refractivity contribution < 1.29 is 12.2 Å². The SMILES string of the molecule is Nc1ccc(OCCN2CCCC2)cc1.S=C=Nc1ccc(OCCN2CCCC2)cc1.[2H]C([3H])I. The molecule has 0 aliphatic carbocycles. The monoisotopic (exact) mass is 599 g/mol. The van der Waals surface area contributed by atoms with Gasteiger partial charge >= 0.3 is 0 Å². The third-order valence-corrected chi connectivity index (χ3v) is 5.73. The van der Waals surface area contributed by atoms with Crippen LogP contribution in [0.4, 0.5) is 11.4 Å². The molecule has 34 heavy (non-hydrogen) atoms. The third-order valence-electron chi connectivity index (χ3n) is 5.64. The van der Waals surface area contributed by atoms with Gasteiger partial charge in [-0.25, -0.2) is 0 Å². The van der Waals surface area contributed by atoms with Gasteiger partial charge in [-0.1, -0.05) is 22.6 Å². The van der Waals surface area contributed by atoms with Crippen LogP contribution >= 0.6 is 34.8 Å². The molecule has 4 rings (SSSR count). The standard InChI is InChI=1S/C13H16N2OS.C12H18N2O.CH3I/c17-11-14-12-3-5-13(6-4-12)16-10-9-15-7-1-2-8-15;13-11-3-5-12(6-4-11)15-10-9-14-7-1-2-8-14;1-2/h3-6H,1-2,7-10H2;3-6H,1-2,7-10,13H2;1H3/i;;1TD. The predicted octanol–water partition coefficient (Wildman–Crippen LogP) is 5.69. The number of likely N-dealkylation sites (tertiary alicyclic amines) is 2. The lowest BCUT2D eigenvalue weighted by molar-refractivity contribution is 0.237. The number of ether oxygens (including phenoxy) is 2. The van der Waals surface area contributed by atoms with Gasteiger partial charge in [0.25, 0.3) is 0 Å². The van der Waals surface area contributed by atoms with Crippen LogP contribution in [0.2, 0.25) is 0 Å². The Bertz CT molecular complexity index is 885. The molecule has 2 aromatic rings. The van der Waals surface area contributed by atoms with Crippen molar-refractivity contribution in [2.24, 2.45) is 4.99 Å². The van der Waals surface area contributed by atoms with E-state index >= 15 is 0 Å².